The third kappa shape index (κ3) is 2.90. The summed E-state index contributed by atoms with van der Waals surface area (Å²) in [7, 11) is 3.53. The van der Waals surface area contributed by atoms with Crippen molar-refractivity contribution < 1.29 is 14.4 Å². The minimum atomic E-state index is -0.544. The van der Waals surface area contributed by atoms with Crippen LogP contribution in [-0.4, -0.2) is 33.3 Å². The largest absolute Gasteiger partial charge is 0.380 e. The maximum Gasteiger partial charge on any atom is 0.258 e. The van der Waals surface area contributed by atoms with Crippen LogP contribution in [0.1, 0.15) is 18.3 Å². The van der Waals surface area contributed by atoms with Crippen molar-refractivity contribution in [3.05, 3.63) is 48.5 Å². The van der Waals surface area contributed by atoms with E-state index in [-0.39, 0.29) is 18.2 Å². The highest BCUT2D eigenvalue weighted by atomic mass is 16.7. The molecule has 1 aliphatic rings. The van der Waals surface area contributed by atoms with Crippen LogP contribution in [0.3, 0.4) is 0 Å². The monoisotopic (exact) mass is 314 g/mol. The van der Waals surface area contributed by atoms with Gasteiger partial charge in [0.15, 0.2) is 5.75 Å². The van der Waals surface area contributed by atoms with Crippen molar-refractivity contribution in [2.75, 3.05) is 7.05 Å². The summed E-state index contributed by atoms with van der Waals surface area (Å²) in [5.74, 6) is 0.250. The number of hydrogen-bond acceptors (Lipinski definition) is 4. The van der Waals surface area contributed by atoms with Crippen LogP contribution in [0.25, 0.3) is 0 Å². The number of amides is 2. The van der Waals surface area contributed by atoms with E-state index >= 15 is 0 Å². The molecule has 0 spiro atoms. The molecule has 2 atom stereocenters. The van der Waals surface area contributed by atoms with Crippen LogP contribution in [0.15, 0.2) is 42.7 Å². The molecule has 2 aromatic rings. The zero-order chi connectivity index (χ0) is 16.4. The summed E-state index contributed by atoms with van der Waals surface area (Å²) in [6, 6.07) is 8.55. The van der Waals surface area contributed by atoms with Gasteiger partial charge in [-0.25, -0.2) is 4.98 Å². The van der Waals surface area contributed by atoms with Gasteiger partial charge in [0.25, 0.3) is 5.91 Å². The molecule has 3 rings (SSSR count). The summed E-state index contributed by atoms with van der Waals surface area (Å²) in [4.78, 5) is 35.7. The van der Waals surface area contributed by atoms with Crippen molar-refractivity contribution in [3.8, 4) is 5.75 Å². The van der Waals surface area contributed by atoms with Gasteiger partial charge in [0.2, 0.25) is 5.91 Å². The van der Waals surface area contributed by atoms with Crippen LogP contribution in [0.2, 0.25) is 0 Å². The van der Waals surface area contributed by atoms with Gasteiger partial charge in [-0.1, -0.05) is 18.2 Å². The molecule has 120 valence electrons. The lowest BCUT2D eigenvalue weighted by molar-refractivity contribution is -0.133. The second-order valence-corrected chi connectivity index (χ2v) is 5.54. The van der Waals surface area contributed by atoms with E-state index in [1.165, 1.54) is 0 Å². The van der Waals surface area contributed by atoms with Gasteiger partial charge in [-0.15, -0.1) is 0 Å². The van der Waals surface area contributed by atoms with E-state index in [4.69, 9.17) is 4.84 Å². The molecular weight excluding hydrogens is 296 g/mol. The molecule has 0 radical (unpaired) electrons. The predicted octanol–water partition coefficient (Wildman–Crippen LogP) is 1.05. The third-order valence-electron chi connectivity index (χ3n) is 4.06. The predicted molar refractivity (Wildman–Crippen MR) is 82.0 cm³/mol. The van der Waals surface area contributed by atoms with Gasteiger partial charge in [0.1, 0.15) is 11.9 Å². The Bertz CT molecular complexity index is 713. The number of aromatic nitrogens is 2. The van der Waals surface area contributed by atoms with Gasteiger partial charge >= 0.3 is 0 Å². The highest BCUT2D eigenvalue weighted by molar-refractivity contribution is 5.89. The van der Waals surface area contributed by atoms with Gasteiger partial charge in [0, 0.05) is 32.9 Å². The van der Waals surface area contributed by atoms with Gasteiger partial charge in [-0.3, -0.25) is 9.59 Å². The average Bonchev–Trinajstić information content (AvgIpc) is 3.10. The number of aryl methyl sites for hydroxylation is 1. The van der Waals surface area contributed by atoms with E-state index in [1.54, 1.807) is 36.5 Å². The number of rotatable bonds is 4. The number of likely N-dealkylation sites (tertiary alicyclic amines) is 1. The Kier molecular flexibility index (Phi) is 4.01. The summed E-state index contributed by atoms with van der Waals surface area (Å²) in [6.07, 6.45) is 3.58. The van der Waals surface area contributed by atoms with Crippen molar-refractivity contribution in [2.45, 2.75) is 12.5 Å². The lowest BCUT2D eigenvalue weighted by Gasteiger charge is -2.23. The first kappa shape index (κ1) is 15.1. The number of hydrogen-bond donors (Lipinski definition) is 1. The van der Waals surface area contributed by atoms with Crippen molar-refractivity contribution in [2.24, 2.45) is 13.0 Å². The maximum absolute atomic E-state index is 12.5. The maximum atomic E-state index is 12.5. The van der Waals surface area contributed by atoms with Crippen molar-refractivity contribution >= 4 is 11.8 Å². The lowest BCUT2D eigenvalue weighted by atomic mass is 9.99. The highest BCUT2D eigenvalue weighted by Crippen LogP contribution is 2.36. The Morgan fingerprint density at radius 2 is 2.04 bits per heavy atom. The first-order valence-corrected chi connectivity index (χ1v) is 7.32. The standard InChI is InChI=1S/C16H18N4O3/c1-19-9-8-17-15(19)14-12(10-13(21)20(14)2)16(22)18-23-11-6-4-3-5-7-11/h3-9,12,14H,10H2,1-2H3,(H,18,22)/t12-,14-/m0/s1. The molecule has 2 amide bonds. The van der Waals surface area contributed by atoms with E-state index in [1.807, 2.05) is 29.8 Å². The molecule has 1 fully saturated rings. The summed E-state index contributed by atoms with van der Waals surface area (Å²) >= 11 is 0. The van der Waals surface area contributed by atoms with Crippen molar-refractivity contribution in [1.82, 2.24) is 19.9 Å². The van der Waals surface area contributed by atoms with Crippen molar-refractivity contribution in [1.29, 1.82) is 0 Å². The molecule has 1 aliphatic heterocycles. The zero-order valence-electron chi connectivity index (χ0n) is 13.0. The highest BCUT2D eigenvalue weighted by Gasteiger charge is 2.44. The fraction of sp³-hybridized carbons (Fsp3) is 0.312. The summed E-state index contributed by atoms with van der Waals surface area (Å²) in [6.45, 7) is 0. The second kappa shape index (κ2) is 6.12. The van der Waals surface area contributed by atoms with Gasteiger partial charge in [0.05, 0.1) is 5.92 Å². The zero-order valence-corrected chi connectivity index (χ0v) is 13.0. The molecule has 2 heterocycles. The van der Waals surface area contributed by atoms with Gasteiger partial charge < -0.3 is 14.3 Å². The van der Waals surface area contributed by atoms with E-state index < -0.39 is 12.0 Å². The number of hydroxylamine groups is 1. The SMILES string of the molecule is CN1C(=O)C[C@H](C(=O)NOc2ccccc2)[C@H]1c1nccn1C. The number of nitrogens with zero attached hydrogens (tertiary/aromatic N) is 3. The van der Waals surface area contributed by atoms with E-state index in [9.17, 15) is 9.59 Å². The number of para-hydroxylation sites is 1. The summed E-state index contributed by atoms with van der Waals surface area (Å²) in [5.41, 5.74) is 2.44. The minimum absolute atomic E-state index is 0.0853. The average molecular weight is 314 g/mol. The van der Waals surface area contributed by atoms with E-state index in [2.05, 4.69) is 10.5 Å². The molecule has 1 N–H and O–H groups in total. The molecule has 0 aliphatic carbocycles. The Balaban J connectivity index is 1.75. The third-order valence-corrected chi connectivity index (χ3v) is 4.06. The Morgan fingerprint density at radius 1 is 1.30 bits per heavy atom. The van der Waals surface area contributed by atoms with Crippen LogP contribution in [0.5, 0.6) is 5.75 Å². The van der Waals surface area contributed by atoms with Crippen LogP contribution >= 0.6 is 0 Å². The fourth-order valence-electron chi connectivity index (χ4n) is 2.79. The fourth-order valence-corrected chi connectivity index (χ4v) is 2.79. The van der Waals surface area contributed by atoms with Crippen LogP contribution in [0, 0.1) is 5.92 Å². The number of benzene rings is 1. The van der Waals surface area contributed by atoms with Crippen LogP contribution in [-0.2, 0) is 16.6 Å². The first-order chi connectivity index (χ1) is 11.1. The lowest BCUT2D eigenvalue weighted by Crippen LogP contribution is -2.37. The summed E-state index contributed by atoms with van der Waals surface area (Å²) < 4.78 is 1.82. The number of nitrogens with one attached hydrogen (secondary N) is 1. The normalized spacial score (nSPS) is 20.6. The van der Waals surface area contributed by atoms with Gasteiger partial charge in [-0.05, 0) is 12.1 Å². The van der Waals surface area contributed by atoms with Gasteiger partial charge in [-0.2, -0.15) is 5.48 Å². The van der Waals surface area contributed by atoms with Crippen molar-refractivity contribution in [3.63, 3.8) is 0 Å². The topological polar surface area (TPSA) is 76.5 Å². The quantitative estimate of drug-likeness (QED) is 0.856. The van der Waals surface area contributed by atoms with E-state index in [0.717, 1.165) is 0 Å². The number of carbonyl (C=O) groups is 2. The molecular formula is C16H18N4O3. The molecule has 7 heteroatoms. The molecule has 1 aromatic carbocycles. The smallest absolute Gasteiger partial charge is 0.258 e. The first-order valence-electron chi connectivity index (χ1n) is 7.32. The number of carbonyl (C=O) groups excluding carboxylic acids is 2. The van der Waals surface area contributed by atoms with Crippen LogP contribution < -0.4 is 10.3 Å². The number of imidazole rings is 1. The summed E-state index contributed by atoms with van der Waals surface area (Å²) in [5, 5.41) is 0. The Morgan fingerprint density at radius 3 is 2.70 bits per heavy atom. The molecule has 0 saturated carbocycles. The second-order valence-electron chi connectivity index (χ2n) is 5.54. The Hall–Kier alpha value is -2.83. The molecule has 1 saturated heterocycles. The Labute approximate surface area is 133 Å². The molecule has 7 nitrogen and oxygen atoms in total. The molecule has 1 aromatic heterocycles. The van der Waals surface area contributed by atoms with E-state index in [0.29, 0.717) is 11.6 Å². The minimum Gasteiger partial charge on any atom is -0.380 e. The molecule has 0 unspecified atom stereocenters. The van der Waals surface area contributed by atoms with Crippen LogP contribution in [0.4, 0.5) is 0 Å². The molecule has 0 bridgehead atoms. The molecule has 23 heavy (non-hydrogen) atoms.